The van der Waals surface area contributed by atoms with Gasteiger partial charge in [0.2, 0.25) is 11.9 Å². The first kappa shape index (κ1) is 18.2. The molecule has 0 aliphatic rings. The van der Waals surface area contributed by atoms with E-state index in [9.17, 15) is 4.79 Å². The summed E-state index contributed by atoms with van der Waals surface area (Å²) in [7, 11) is 0. The molecule has 0 unspecified atom stereocenters. The van der Waals surface area contributed by atoms with Crippen LogP contribution >= 0.6 is 11.8 Å². The van der Waals surface area contributed by atoms with Gasteiger partial charge in [-0.25, -0.2) is 9.97 Å². The second-order valence-corrected chi connectivity index (χ2v) is 6.69. The highest BCUT2D eigenvalue weighted by Gasteiger charge is 2.13. The Bertz CT molecular complexity index is 881. The molecule has 1 amide bonds. The van der Waals surface area contributed by atoms with Crippen LogP contribution in [0.3, 0.4) is 0 Å². The van der Waals surface area contributed by atoms with Crippen molar-refractivity contribution in [3.63, 3.8) is 0 Å². The molecule has 1 N–H and O–H groups in total. The minimum absolute atomic E-state index is 0.0479. The Morgan fingerprint density at radius 3 is 2.42 bits per heavy atom. The van der Waals surface area contributed by atoms with Crippen molar-refractivity contribution < 1.29 is 4.79 Å². The number of nitrogens with one attached hydrogen (secondary N) is 1. The van der Waals surface area contributed by atoms with Gasteiger partial charge in [-0.2, -0.15) is 0 Å². The van der Waals surface area contributed by atoms with E-state index >= 15 is 0 Å². The van der Waals surface area contributed by atoms with Crippen molar-refractivity contribution in [3.8, 4) is 0 Å². The highest BCUT2D eigenvalue weighted by Crippen LogP contribution is 2.27. The predicted molar refractivity (Wildman–Crippen MR) is 109 cm³/mol. The van der Waals surface area contributed by atoms with Gasteiger partial charge in [-0.1, -0.05) is 48.2 Å². The van der Waals surface area contributed by atoms with Gasteiger partial charge in [0.15, 0.2) is 0 Å². The molecule has 3 aromatic rings. The highest BCUT2D eigenvalue weighted by atomic mass is 32.2. The zero-order chi connectivity index (χ0) is 18.4. The zero-order valence-corrected chi connectivity index (χ0v) is 15.8. The number of anilines is 2. The first-order chi connectivity index (χ1) is 12.7. The van der Waals surface area contributed by atoms with Crippen LogP contribution in [0.2, 0.25) is 0 Å². The van der Waals surface area contributed by atoms with Gasteiger partial charge in [0.25, 0.3) is 0 Å². The lowest BCUT2D eigenvalue weighted by atomic mass is 10.2. The van der Waals surface area contributed by atoms with Gasteiger partial charge in [0.1, 0.15) is 5.03 Å². The van der Waals surface area contributed by atoms with E-state index < -0.39 is 0 Å². The van der Waals surface area contributed by atoms with Crippen molar-refractivity contribution in [1.29, 1.82) is 0 Å². The van der Waals surface area contributed by atoms with Crippen molar-refractivity contribution in [2.75, 3.05) is 29.1 Å². The molecule has 2 aromatic carbocycles. The van der Waals surface area contributed by atoms with Crippen molar-refractivity contribution in [2.45, 2.75) is 18.9 Å². The third-order valence-electron chi connectivity index (χ3n) is 4.00. The maximum absolute atomic E-state index is 12.3. The Balaban J connectivity index is 1.80. The number of para-hydroxylation sites is 2. The van der Waals surface area contributed by atoms with Gasteiger partial charge in [-0.3, -0.25) is 4.79 Å². The van der Waals surface area contributed by atoms with Crippen LogP contribution in [0.5, 0.6) is 0 Å². The third kappa shape index (κ3) is 4.32. The van der Waals surface area contributed by atoms with Crippen LogP contribution in [0, 0.1) is 0 Å². The summed E-state index contributed by atoms with van der Waals surface area (Å²) >= 11 is 1.44. The summed E-state index contributed by atoms with van der Waals surface area (Å²) in [5.41, 5.74) is 1.70. The summed E-state index contributed by atoms with van der Waals surface area (Å²) in [6.45, 7) is 5.85. The Hall–Kier alpha value is -2.60. The maximum Gasteiger partial charge on any atom is 0.234 e. The monoisotopic (exact) mass is 366 g/mol. The van der Waals surface area contributed by atoms with E-state index in [2.05, 4.69) is 29.0 Å². The molecule has 3 rings (SSSR count). The molecule has 0 aliphatic heterocycles. The molecular formula is C20H22N4OS. The lowest BCUT2D eigenvalue weighted by molar-refractivity contribution is -0.113. The molecule has 0 fully saturated rings. The molecular weight excluding hydrogens is 344 g/mol. The third-order valence-corrected chi connectivity index (χ3v) is 4.99. The minimum Gasteiger partial charge on any atom is -0.341 e. The minimum atomic E-state index is -0.0479. The summed E-state index contributed by atoms with van der Waals surface area (Å²) in [6, 6.07) is 17.4. The Morgan fingerprint density at radius 1 is 1.00 bits per heavy atom. The highest BCUT2D eigenvalue weighted by molar-refractivity contribution is 8.00. The number of carbonyl (C=O) groups is 1. The topological polar surface area (TPSA) is 58.1 Å². The van der Waals surface area contributed by atoms with Crippen molar-refractivity contribution in [1.82, 2.24) is 9.97 Å². The zero-order valence-electron chi connectivity index (χ0n) is 15.0. The van der Waals surface area contributed by atoms with Gasteiger partial charge in [-0.15, -0.1) is 0 Å². The average Bonchev–Trinajstić information content (AvgIpc) is 2.68. The number of aromatic nitrogens is 2. The first-order valence-electron chi connectivity index (χ1n) is 8.70. The Kier molecular flexibility index (Phi) is 6.07. The average molecular weight is 366 g/mol. The van der Waals surface area contributed by atoms with Gasteiger partial charge >= 0.3 is 0 Å². The number of amides is 1. The Labute approximate surface area is 157 Å². The van der Waals surface area contributed by atoms with Crippen molar-refractivity contribution in [3.05, 3.63) is 54.6 Å². The Morgan fingerprint density at radius 2 is 1.69 bits per heavy atom. The summed E-state index contributed by atoms with van der Waals surface area (Å²) in [5, 5.41) is 4.71. The quantitative estimate of drug-likeness (QED) is 0.501. The molecule has 0 saturated heterocycles. The van der Waals surface area contributed by atoms with Crippen LogP contribution in [0.15, 0.2) is 59.6 Å². The SMILES string of the molecule is CCN(CC)c1nc(SCC(=O)Nc2ccccc2)c2ccccc2n1. The first-order valence-corrected chi connectivity index (χ1v) is 9.69. The van der Waals surface area contributed by atoms with E-state index in [1.54, 1.807) is 0 Å². The fraction of sp³-hybridized carbons (Fsp3) is 0.250. The van der Waals surface area contributed by atoms with E-state index in [1.165, 1.54) is 11.8 Å². The van der Waals surface area contributed by atoms with E-state index in [4.69, 9.17) is 4.98 Å². The smallest absolute Gasteiger partial charge is 0.234 e. The number of hydrogen-bond donors (Lipinski definition) is 1. The summed E-state index contributed by atoms with van der Waals surface area (Å²) in [4.78, 5) is 23.8. The van der Waals surface area contributed by atoms with Gasteiger partial charge in [0.05, 0.1) is 11.3 Å². The van der Waals surface area contributed by atoms with Gasteiger partial charge in [-0.05, 0) is 32.0 Å². The van der Waals surface area contributed by atoms with Gasteiger partial charge in [0, 0.05) is 24.2 Å². The van der Waals surface area contributed by atoms with E-state index in [0.717, 1.165) is 34.7 Å². The molecule has 1 heterocycles. The fourth-order valence-corrected chi connectivity index (χ4v) is 3.46. The lowest BCUT2D eigenvalue weighted by Gasteiger charge is -2.19. The maximum atomic E-state index is 12.3. The molecule has 0 saturated carbocycles. The van der Waals surface area contributed by atoms with Crippen LogP contribution in [-0.4, -0.2) is 34.7 Å². The fourth-order valence-electron chi connectivity index (χ4n) is 2.65. The predicted octanol–water partition coefficient (Wildman–Crippen LogP) is 4.21. The molecule has 0 atom stereocenters. The molecule has 0 spiro atoms. The van der Waals surface area contributed by atoms with Crippen LogP contribution < -0.4 is 10.2 Å². The number of nitrogens with zero attached hydrogens (tertiary/aromatic N) is 3. The second-order valence-electron chi connectivity index (χ2n) is 5.72. The summed E-state index contributed by atoms with van der Waals surface area (Å²) in [6.07, 6.45) is 0. The van der Waals surface area contributed by atoms with Crippen LogP contribution in [0.1, 0.15) is 13.8 Å². The molecule has 6 heteroatoms. The number of thioether (sulfide) groups is 1. The molecule has 5 nitrogen and oxygen atoms in total. The molecule has 0 radical (unpaired) electrons. The number of benzene rings is 2. The molecule has 1 aromatic heterocycles. The standard InChI is InChI=1S/C20H22N4OS/c1-3-24(4-2)20-22-17-13-9-8-12-16(17)19(23-20)26-14-18(25)21-15-10-6-5-7-11-15/h5-13H,3-4,14H2,1-2H3,(H,21,25). The second kappa shape index (κ2) is 8.67. The molecule has 26 heavy (non-hydrogen) atoms. The largest absolute Gasteiger partial charge is 0.341 e. The number of fused-ring (bicyclic) bond motifs is 1. The number of carbonyl (C=O) groups excluding carboxylic acids is 1. The summed E-state index contributed by atoms with van der Waals surface area (Å²) < 4.78 is 0. The van der Waals surface area contributed by atoms with Crippen LogP contribution in [-0.2, 0) is 4.79 Å². The number of hydrogen-bond acceptors (Lipinski definition) is 5. The van der Waals surface area contributed by atoms with E-state index in [0.29, 0.717) is 11.7 Å². The van der Waals surface area contributed by atoms with Crippen LogP contribution in [0.4, 0.5) is 11.6 Å². The molecule has 0 bridgehead atoms. The molecule has 134 valence electrons. The van der Waals surface area contributed by atoms with Crippen molar-refractivity contribution in [2.24, 2.45) is 0 Å². The normalized spacial score (nSPS) is 10.7. The van der Waals surface area contributed by atoms with Crippen LogP contribution in [0.25, 0.3) is 10.9 Å². The van der Waals surface area contributed by atoms with E-state index in [-0.39, 0.29) is 5.91 Å². The number of rotatable bonds is 7. The van der Waals surface area contributed by atoms with Gasteiger partial charge < -0.3 is 10.2 Å². The van der Waals surface area contributed by atoms with E-state index in [1.807, 2.05) is 54.6 Å². The van der Waals surface area contributed by atoms with Crippen molar-refractivity contribution >= 4 is 40.2 Å². The molecule has 0 aliphatic carbocycles. The summed E-state index contributed by atoms with van der Waals surface area (Å²) in [5.74, 6) is 0.959. The lowest BCUT2D eigenvalue weighted by Crippen LogP contribution is -2.24.